The Balaban J connectivity index is 2.56. The molecule has 0 saturated carbocycles. The lowest BCUT2D eigenvalue weighted by Crippen LogP contribution is -2.09. The third kappa shape index (κ3) is 1.93. The first kappa shape index (κ1) is 11.4. The van der Waals surface area contributed by atoms with Gasteiger partial charge in [0.2, 0.25) is 0 Å². The van der Waals surface area contributed by atoms with Crippen molar-refractivity contribution in [1.82, 2.24) is 9.55 Å². The van der Waals surface area contributed by atoms with Crippen LogP contribution in [0.15, 0.2) is 18.5 Å². The summed E-state index contributed by atoms with van der Waals surface area (Å²) in [5, 5.41) is 0.663. The van der Waals surface area contributed by atoms with Crippen LogP contribution in [0.25, 0.3) is 11.0 Å². The van der Waals surface area contributed by atoms with Crippen LogP contribution in [0, 0.1) is 6.92 Å². The molecule has 0 amide bonds. The lowest BCUT2D eigenvalue weighted by molar-refractivity contribution is 0.164. The van der Waals surface area contributed by atoms with Crippen LogP contribution < -0.4 is 0 Å². The predicted octanol–water partition coefficient (Wildman–Crippen LogP) is 3.21. The molecule has 16 heavy (non-hydrogen) atoms. The highest BCUT2D eigenvalue weighted by Gasteiger charge is 2.11. The van der Waals surface area contributed by atoms with Gasteiger partial charge in [0.05, 0.1) is 28.7 Å². The van der Waals surface area contributed by atoms with Crippen molar-refractivity contribution in [1.29, 1.82) is 0 Å². The van der Waals surface area contributed by atoms with Crippen LogP contribution >= 0.6 is 11.6 Å². The SMILES string of the molecule is COC[C@H](C)n1cc(C)c2ncc(Cl)cc21. The summed E-state index contributed by atoms with van der Waals surface area (Å²) in [6, 6.07) is 2.23. The van der Waals surface area contributed by atoms with E-state index in [0.717, 1.165) is 16.6 Å². The first-order valence-corrected chi connectivity index (χ1v) is 5.63. The van der Waals surface area contributed by atoms with Crippen molar-refractivity contribution in [2.75, 3.05) is 13.7 Å². The van der Waals surface area contributed by atoms with Gasteiger partial charge >= 0.3 is 0 Å². The second-order valence-corrected chi connectivity index (χ2v) is 4.48. The van der Waals surface area contributed by atoms with Gasteiger partial charge in [-0.1, -0.05) is 11.6 Å². The molecular formula is C12H15ClN2O. The zero-order chi connectivity index (χ0) is 11.7. The van der Waals surface area contributed by atoms with E-state index in [1.54, 1.807) is 13.3 Å². The van der Waals surface area contributed by atoms with Crippen LogP contribution in [0.3, 0.4) is 0 Å². The maximum absolute atomic E-state index is 5.97. The number of halogens is 1. The van der Waals surface area contributed by atoms with Crippen LogP contribution in [0.4, 0.5) is 0 Å². The highest BCUT2D eigenvalue weighted by Crippen LogP contribution is 2.24. The first-order valence-electron chi connectivity index (χ1n) is 5.25. The molecule has 0 unspecified atom stereocenters. The molecule has 3 nitrogen and oxygen atoms in total. The standard InChI is InChI=1S/C12H15ClN2O/c1-8-6-15(9(2)7-16-3)11-4-10(13)5-14-12(8)11/h4-6,9H,7H2,1-3H3/t9-/m0/s1. The summed E-state index contributed by atoms with van der Waals surface area (Å²) >= 11 is 5.97. The average molecular weight is 239 g/mol. The van der Waals surface area contributed by atoms with Crippen molar-refractivity contribution < 1.29 is 4.74 Å². The maximum Gasteiger partial charge on any atom is 0.0911 e. The quantitative estimate of drug-likeness (QED) is 0.821. The van der Waals surface area contributed by atoms with Gasteiger partial charge in [-0.05, 0) is 25.5 Å². The van der Waals surface area contributed by atoms with E-state index in [4.69, 9.17) is 16.3 Å². The van der Waals surface area contributed by atoms with Crippen molar-refractivity contribution in [3.63, 3.8) is 0 Å². The number of rotatable bonds is 3. The van der Waals surface area contributed by atoms with Gasteiger partial charge in [0.25, 0.3) is 0 Å². The number of nitrogens with zero attached hydrogens (tertiary/aromatic N) is 2. The molecule has 0 bridgehead atoms. The fraction of sp³-hybridized carbons (Fsp3) is 0.417. The predicted molar refractivity (Wildman–Crippen MR) is 66.1 cm³/mol. The minimum atomic E-state index is 0.279. The Morgan fingerprint density at radius 2 is 2.31 bits per heavy atom. The molecular weight excluding hydrogens is 224 g/mol. The molecule has 2 rings (SSSR count). The van der Waals surface area contributed by atoms with Gasteiger partial charge in [-0.15, -0.1) is 0 Å². The Kier molecular flexibility index (Phi) is 3.17. The van der Waals surface area contributed by atoms with Gasteiger partial charge in [0.1, 0.15) is 0 Å². The van der Waals surface area contributed by atoms with Gasteiger partial charge in [0.15, 0.2) is 0 Å². The van der Waals surface area contributed by atoms with Crippen molar-refractivity contribution in [3.05, 3.63) is 29.0 Å². The van der Waals surface area contributed by atoms with E-state index in [0.29, 0.717) is 11.6 Å². The van der Waals surface area contributed by atoms with Crippen molar-refractivity contribution in [3.8, 4) is 0 Å². The number of aromatic nitrogens is 2. The second kappa shape index (κ2) is 4.44. The number of methoxy groups -OCH3 is 1. The van der Waals surface area contributed by atoms with E-state index in [1.165, 1.54) is 0 Å². The second-order valence-electron chi connectivity index (χ2n) is 4.05. The zero-order valence-corrected chi connectivity index (χ0v) is 10.5. The summed E-state index contributed by atoms with van der Waals surface area (Å²) in [6.07, 6.45) is 3.78. The molecule has 86 valence electrons. The van der Waals surface area contributed by atoms with E-state index >= 15 is 0 Å². The van der Waals surface area contributed by atoms with Gasteiger partial charge in [-0.3, -0.25) is 4.98 Å². The Hall–Kier alpha value is -1.06. The molecule has 0 aromatic carbocycles. The molecule has 0 N–H and O–H groups in total. The molecule has 2 aromatic heterocycles. The topological polar surface area (TPSA) is 27.1 Å². The third-order valence-electron chi connectivity index (χ3n) is 2.70. The average Bonchev–Trinajstić information content (AvgIpc) is 2.56. The minimum absolute atomic E-state index is 0.279. The molecule has 0 radical (unpaired) electrons. The fourth-order valence-corrected chi connectivity index (χ4v) is 2.11. The Morgan fingerprint density at radius 3 is 3.00 bits per heavy atom. The molecule has 0 aliphatic carbocycles. The molecule has 2 heterocycles. The van der Waals surface area contributed by atoms with Crippen molar-refractivity contribution in [2.24, 2.45) is 0 Å². The summed E-state index contributed by atoms with van der Waals surface area (Å²) in [5.41, 5.74) is 3.23. The summed E-state index contributed by atoms with van der Waals surface area (Å²) in [4.78, 5) is 4.35. The van der Waals surface area contributed by atoms with Gasteiger partial charge in [0, 0.05) is 19.5 Å². The van der Waals surface area contributed by atoms with E-state index in [-0.39, 0.29) is 6.04 Å². The first-order chi connectivity index (χ1) is 7.63. The Bertz CT molecular complexity index is 507. The third-order valence-corrected chi connectivity index (χ3v) is 2.91. The van der Waals surface area contributed by atoms with E-state index in [9.17, 15) is 0 Å². The van der Waals surface area contributed by atoms with Gasteiger partial charge in [-0.2, -0.15) is 0 Å². The summed E-state index contributed by atoms with van der Waals surface area (Å²) < 4.78 is 7.33. The monoisotopic (exact) mass is 238 g/mol. The molecule has 4 heteroatoms. The van der Waals surface area contributed by atoms with Crippen molar-refractivity contribution in [2.45, 2.75) is 19.9 Å². The zero-order valence-electron chi connectivity index (χ0n) is 9.70. The van der Waals surface area contributed by atoms with Crippen LogP contribution in [-0.4, -0.2) is 23.3 Å². The number of ether oxygens (including phenoxy) is 1. The van der Waals surface area contributed by atoms with Crippen LogP contribution in [-0.2, 0) is 4.74 Å². The Labute approximate surface area is 100.0 Å². The van der Waals surface area contributed by atoms with Crippen LogP contribution in [0.2, 0.25) is 5.02 Å². The molecule has 1 atom stereocenters. The normalized spacial score (nSPS) is 13.2. The van der Waals surface area contributed by atoms with Crippen LogP contribution in [0.5, 0.6) is 0 Å². The fourth-order valence-electron chi connectivity index (χ4n) is 1.95. The maximum atomic E-state index is 5.97. The molecule has 0 saturated heterocycles. The van der Waals surface area contributed by atoms with Gasteiger partial charge < -0.3 is 9.30 Å². The van der Waals surface area contributed by atoms with E-state index in [2.05, 4.69) is 29.6 Å². The molecule has 0 spiro atoms. The number of aryl methyl sites for hydroxylation is 1. The lowest BCUT2D eigenvalue weighted by atomic mass is 10.3. The summed E-state index contributed by atoms with van der Waals surface area (Å²) in [6.45, 7) is 4.85. The smallest absolute Gasteiger partial charge is 0.0911 e. The molecule has 0 fully saturated rings. The molecule has 0 aliphatic heterocycles. The largest absolute Gasteiger partial charge is 0.383 e. The number of hydrogen-bond donors (Lipinski definition) is 0. The highest BCUT2D eigenvalue weighted by molar-refractivity contribution is 6.31. The number of hydrogen-bond acceptors (Lipinski definition) is 2. The number of fused-ring (bicyclic) bond motifs is 1. The van der Waals surface area contributed by atoms with E-state index in [1.807, 2.05) is 6.07 Å². The highest BCUT2D eigenvalue weighted by atomic mass is 35.5. The lowest BCUT2D eigenvalue weighted by Gasteiger charge is -2.13. The molecule has 2 aromatic rings. The minimum Gasteiger partial charge on any atom is -0.383 e. The number of pyridine rings is 1. The van der Waals surface area contributed by atoms with Crippen LogP contribution in [0.1, 0.15) is 18.5 Å². The summed E-state index contributed by atoms with van der Waals surface area (Å²) in [5.74, 6) is 0. The molecule has 0 aliphatic rings. The van der Waals surface area contributed by atoms with Gasteiger partial charge in [-0.25, -0.2) is 0 Å². The van der Waals surface area contributed by atoms with Crippen molar-refractivity contribution >= 4 is 22.6 Å². The Morgan fingerprint density at radius 1 is 1.56 bits per heavy atom. The summed E-state index contributed by atoms with van der Waals surface area (Å²) in [7, 11) is 1.71. The van der Waals surface area contributed by atoms with E-state index < -0.39 is 0 Å².